The first-order chi connectivity index (χ1) is 10.9. The number of halogens is 2. The summed E-state index contributed by atoms with van der Waals surface area (Å²) in [4.78, 5) is 25.8. The number of anilines is 1. The molecule has 8 heteroatoms. The van der Waals surface area contributed by atoms with E-state index in [4.69, 9.17) is 10.5 Å². The number of hydrogen-bond acceptors (Lipinski definition) is 4. The SMILES string of the molecule is CC1C(=O)N2CCOC2=C(C(N)=O)C1Nc1ccc(I)cc1F. The molecule has 2 atom stereocenters. The van der Waals surface area contributed by atoms with Gasteiger partial charge in [-0.05, 0) is 40.8 Å². The Morgan fingerprint density at radius 2 is 2.26 bits per heavy atom. The molecule has 2 aliphatic rings. The summed E-state index contributed by atoms with van der Waals surface area (Å²) in [6.45, 7) is 2.39. The molecule has 0 aliphatic carbocycles. The summed E-state index contributed by atoms with van der Waals surface area (Å²) in [6, 6.07) is 3.93. The van der Waals surface area contributed by atoms with E-state index in [1.54, 1.807) is 19.1 Å². The predicted octanol–water partition coefficient (Wildman–Crippen LogP) is 1.42. The van der Waals surface area contributed by atoms with Crippen molar-refractivity contribution in [2.45, 2.75) is 13.0 Å². The van der Waals surface area contributed by atoms with Gasteiger partial charge in [0.2, 0.25) is 11.8 Å². The number of ether oxygens (including phenoxy) is 1. The number of carbonyl (C=O) groups excluding carboxylic acids is 2. The molecule has 6 nitrogen and oxygen atoms in total. The third-order valence-corrected chi connectivity index (χ3v) is 4.67. The van der Waals surface area contributed by atoms with Gasteiger partial charge in [0.1, 0.15) is 12.4 Å². The predicted molar refractivity (Wildman–Crippen MR) is 89.6 cm³/mol. The molecular weight excluding hydrogens is 416 g/mol. The van der Waals surface area contributed by atoms with E-state index in [0.29, 0.717) is 13.2 Å². The lowest BCUT2D eigenvalue weighted by Gasteiger charge is -2.35. The molecule has 0 aromatic heterocycles. The normalized spacial score (nSPS) is 23.6. The van der Waals surface area contributed by atoms with Gasteiger partial charge in [0, 0.05) is 3.57 Å². The Morgan fingerprint density at radius 1 is 1.52 bits per heavy atom. The first-order valence-corrected chi connectivity index (χ1v) is 8.17. The highest BCUT2D eigenvalue weighted by Crippen LogP contribution is 2.33. The number of primary amides is 1. The van der Waals surface area contributed by atoms with Gasteiger partial charge in [0.15, 0.2) is 0 Å². The van der Waals surface area contributed by atoms with Gasteiger partial charge in [-0.15, -0.1) is 0 Å². The maximum Gasteiger partial charge on any atom is 0.252 e. The summed E-state index contributed by atoms with van der Waals surface area (Å²) in [5.41, 5.74) is 5.87. The summed E-state index contributed by atoms with van der Waals surface area (Å²) < 4.78 is 20.3. The second-order valence-corrected chi connectivity index (χ2v) is 6.70. The largest absolute Gasteiger partial charge is 0.476 e. The average Bonchev–Trinajstić information content (AvgIpc) is 2.96. The zero-order valence-electron chi connectivity index (χ0n) is 12.3. The van der Waals surface area contributed by atoms with Crippen LogP contribution < -0.4 is 11.1 Å². The highest BCUT2D eigenvalue weighted by molar-refractivity contribution is 14.1. The lowest BCUT2D eigenvalue weighted by molar-refractivity contribution is -0.134. The van der Waals surface area contributed by atoms with Crippen LogP contribution in [0.15, 0.2) is 29.7 Å². The minimum absolute atomic E-state index is 0.174. The number of nitrogens with two attached hydrogens (primary N) is 1. The first-order valence-electron chi connectivity index (χ1n) is 7.10. The van der Waals surface area contributed by atoms with Crippen molar-refractivity contribution in [3.63, 3.8) is 0 Å². The topological polar surface area (TPSA) is 84.7 Å². The van der Waals surface area contributed by atoms with Crippen LogP contribution >= 0.6 is 22.6 Å². The molecule has 2 aliphatic heterocycles. The molecule has 122 valence electrons. The van der Waals surface area contributed by atoms with E-state index in [0.717, 1.165) is 3.57 Å². The Bertz CT molecular complexity index is 722. The lowest BCUT2D eigenvalue weighted by Crippen LogP contribution is -2.50. The maximum absolute atomic E-state index is 14.1. The van der Waals surface area contributed by atoms with Crippen molar-refractivity contribution in [1.29, 1.82) is 0 Å². The number of hydrogen-bond donors (Lipinski definition) is 2. The van der Waals surface area contributed by atoms with Gasteiger partial charge in [0.25, 0.3) is 5.91 Å². The molecule has 0 bridgehead atoms. The smallest absolute Gasteiger partial charge is 0.252 e. The van der Waals surface area contributed by atoms with Crippen molar-refractivity contribution in [2.75, 3.05) is 18.5 Å². The summed E-state index contributed by atoms with van der Waals surface area (Å²) in [7, 11) is 0. The van der Waals surface area contributed by atoms with Crippen LogP contribution in [0.3, 0.4) is 0 Å². The Hall–Kier alpha value is -1.84. The molecule has 1 aromatic rings. The molecule has 0 spiro atoms. The van der Waals surface area contributed by atoms with Gasteiger partial charge in [-0.1, -0.05) is 6.92 Å². The van der Waals surface area contributed by atoms with E-state index in [-0.39, 0.29) is 23.1 Å². The van der Waals surface area contributed by atoms with E-state index < -0.39 is 23.7 Å². The fourth-order valence-electron chi connectivity index (χ4n) is 2.85. The molecule has 0 saturated carbocycles. The standard InChI is InChI=1S/C15H15FIN3O3/c1-7-12(19-10-3-2-8(17)6-9(10)16)11(13(18)21)15-20(14(7)22)4-5-23-15/h2-3,6-7,12,19H,4-5H2,1H3,(H2,18,21). The fourth-order valence-corrected chi connectivity index (χ4v) is 3.30. The number of nitrogens with one attached hydrogen (secondary N) is 1. The van der Waals surface area contributed by atoms with Crippen molar-refractivity contribution < 1.29 is 18.7 Å². The van der Waals surface area contributed by atoms with E-state index in [1.807, 2.05) is 22.6 Å². The summed E-state index contributed by atoms with van der Waals surface area (Å²) in [6.07, 6.45) is 0. The van der Waals surface area contributed by atoms with Gasteiger partial charge in [-0.25, -0.2) is 4.39 Å². The molecule has 1 fully saturated rings. The Kier molecular flexibility index (Phi) is 4.17. The highest BCUT2D eigenvalue weighted by Gasteiger charge is 2.45. The molecule has 3 N–H and O–H groups in total. The van der Waals surface area contributed by atoms with Gasteiger partial charge >= 0.3 is 0 Å². The van der Waals surface area contributed by atoms with Gasteiger partial charge < -0.3 is 15.8 Å². The van der Waals surface area contributed by atoms with Crippen molar-refractivity contribution in [2.24, 2.45) is 11.7 Å². The fraction of sp³-hybridized carbons (Fsp3) is 0.333. The van der Waals surface area contributed by atoms with Gasteiger partial charge in [-0.3, -0.25) is 14.5 Å². The molecule has 1 saturated heterocycles. The molecule has 2 amide bonds. The molecule has 1 aromatic carbocycles. The number of carbonyl (C=O) groups is 2. The zero-order chi connectivity index (χ0) is 16.7. The van der Waals surface area contributed by atoms with Gasteiger partial charge in [-0.2, -0.15) is 0 Å². The molecular formula is C15H15FIN3O3. The van der Waals surface area contributed by atoms with Crippen LogP contribution in [0.2, 0.25) is 0 Å². The van der Waals surface area contributed by atoms with E-state index in [2.05, 4.69) is 5.32 Å². The number of fused-ring (bicyclic) bond motifs is 1. The van der Waals surface area contributed by atoms with Crippen LogP contribution in [0.1, 0.15) is 6.92 Å². The lowest BCUT2D eigenvalue weighted by atomic mass is 9.89. The summed E-state index contributed by atoms with van der Waals surface area (Å²) in [5, 5.41) is 2.94. The van der Waals surface area contributed by atoms with Crippen LogP contribution in [-0.2, 0) is 14.3 Å². The third-order valence-electron chi connectivity index (χ3n) is 4.00. The molecule has 2 unspecified atom stereocenters. The van der Waals surface area contributed by atoms with E-state index >= 15 is 0 Å². The minimum atomic E-state index is -0.737. The van der Waals surface area contributed by atoms with Crippen molar-refractivity contribution in [3.8, 4) is 0 Å². The van der Waals surface area contributed by atoms with Crippen LogP contribution in [-0.4, -0.2) is 35.9 Å². The molecule has 2 heterocycles. The van der Waals surface area contributed by atoms with E-state index in [9.17, 15) is 14.0 Å². The number of rotatable bonds is 3. The van der Waals surface area contributed by atoms with Crippen LogP contribution in [0.4, 0.5) is 10.1 Å². The molecule has 23 heavy (non-hydrogen) atoms. The second kappa shape index (κ2) is 5.99. The van der Waals surface area contributed by atoms with Crippen molar-refractivity contribution in [1.82, 2.24) is 4.90 Å². The maximum atomic E-state index is 14.1. The second-order valence-electron chi connectivity index (χ2n) is 5.46. The Balaban J connectivity index is 2.03. The van der Waals surface area contributed by atoms with Crippen molar-refractivity contribution >= 4 is 40.1 Å². The van der Waals surface area contributed by atoms with Crippen LogP contribution in [0.25, 0.3) is 0 Å². The zero-order valence-corrected chi connectivity index (χ0v) is 14.5. The molecule has 3 rings (SSSR count). The number of amides is 2. The van der Waals surface area contributed by atoms with Crippen LogP contribution in [0.5, 0.6) is 0 Å². The monoisotopic (exact) mass is 431 g/mol. The minimum Gasteiger partial charge on any atom is -0.476 e. The Labute approximate surface area is 146 Å². The van der Waals surface area contributed by atoms with Crippen LogP contribution in [0, 0.1) is 15.3 Å². The number of nitrogens with zero attached hydrogens (tertiary/aromatic N) is 1. The first kappa shape index (κ1) is 16.0. The Morgan fingerprint density at radius 3 is 2.91 bits per heavy atom. The number of benzene rings is 1. The summed E-state index contributed by atoms with van der Waals surface area (Å²) >= 11 is 2.00. The quantitative estimate of drug-likeness (QED) is 0.710. The highest BCUT2D eigenvalue weighted by atomic mass is 127. The average molecular weight is 431 g/mol. The van der Waals surface area contributed by atoms with E-state index in [1.165, 1.54) is 11.0 Å². The van der Waals surface area contributed by atoms with Crippen molar-refractivity contribution in [3.05, 3.63) is 39.0 Å². The summed E-state index contributed by atoms with van der Waals surface area (Å²) in [5.74, 6) is -1.70. The van der Waals surface area contributed by atoms with Gasteiger partial charge in [0.05, 0.1) is 29.8 Å². The third kappa shape index (κ3) is 2.75. The molecule has 0 radical (unpaired) electrons.